The first kappa shape index (κ1) is 7.63. The highest BCUT2D eigenvalue weighted by atomic mass is 16.1. The fourth-order valence-corrected chi connectivity index (χ4v) is 0.412. The van der Waals surface area contributed by atoms with Gasteiger partial charge in [0.2, 0.25) is 6.29 Å². The van der Waals surface area contributed by atoms with Crippen LogP contribution in [0.5, 0.6) is 0 Å². The highest BCUT2D eigenvalue weighted by Gasteiger charge is 2.15. The van der Waals surface area contributed by atoms with E-state index >= 15 is 0 Å². The topological polar surface area (TPSA) is 43.1 Å². The van der Waals surface area contributed by atoms with Crippen LogP contribution in [0.1, 0.15) is 20.3 Å². The number of rotatable bonds is 3. The van der Waals surface area contributed by atoms with Gasteiger partial charge in [0.25, 0.3) is 0 Å². The van der Waals surface area contributed by atoms with Crippen molar-refractivity contribution in [3.8, 4) is 0 Å². The molecule has 0 amide bonds. The van der Waals surface area contributed by atoms with Crippen molar-refractivity contribution in [2.75, 3.05) is 6.54 Å². The lowest BCUT2D eigenvalue weighted by Crippen LogP contribution is -2.17. The summed E-state index contributed by atoms with van der Waals surface area (Å²) < 4.78 is 0. The largest absolute Gasteiger partial charge is 0.330 e. The van der Waals surface area contributed by atoms with Crippen molar-refractivity contribution in [1.29, 1.82) is 0 Å². The van der Waals surface area contributed by atoms with E-state index in [-0.39, 0.29) is 5.41 Å². The first-order valence-electron chi connectivity index (χ1n) is 2.72. The van der Waals surface area contributed by atoms with Crippen molar-refractivity contribution < 1.29 is 4.79 Å². The molecule has 0 atom stereocenters. The predicted octanol–water partition coefficient (Wildman–Crippen LogP) is 0.471. The van der Waals surface area contributed by atoms with Crippen LogP contribution >= 0.6 is 0 Å². The second kappa shape index (κ2) is 2.82. The van der Waals surface area contributed by atoms with Crippen molar-refractivity contribution >= 4 is 6.29 Å². The lowest BCUT2D eigenvalue weighted by Gasteiger charge is -2.12. The molecule has 0 aromatic heterocycles. The molecule has 8 heavy (non-hydrogen) atoms. The van der Waals surface area contributed by atoms with Crippen LogP contribution < -0.4 is 5.73 Å². The first-order chi connectivity index (χ1) is 3.62. The van der Waals surface area contributed by atoms with E-state index in [0.717, 1.165) is 6.42 Å². The first-order valence-corrected chi connectivity index (χ1v) is 2.72. The Morgan fingerprint density at radius 3 is 2.25 bits per heavy atom. The van der Waals surface area contributed by atoms with E-state index in [4.69, 9.17) is 5.73 Å². The van der Waals surface area contributed by atoms with Crippen LogP contribution in [0.25, 0.3) is 0 Å². The number of carbonyl (C=O) groups excluding carboxylic acids is 1. The minimum atomic E-state index is -0.339. The molecule has 0 aromatic rings. The summed E-state index contributed by atoms with van der Waals surface area (Å²) in [5.41, 5.74) is 4.87. The Morgan fingerprint density at radius 2 is 2.12 bits per heavy atom. The van der Waals surface area contributed by atoms with E-state index in [1.807, 2.05) is 20.1 Å². The maximum atomic E-state index is 10.0. The summed E-state index contributed by atoms with van der Waals surface area (Å²) in [5, 5.41) is 0. The van der Waals surface area contributed by atoms with Crippen molar-refractivity contribution in [2.45, 2.75) is 20.3 Å². The van der Waals surface area contributed by atoms with Crippen LogP contribution in [0.4, 0.5) is 0 Å². The van der Waals surface area contributed by atoms with Gasteiger partial charge in [-0.2, -0.15) is 0 Å². The molecule has 0 aliphatic heterocycles. The molecule has 1 radical (unpaired) electrons. The fourth-order valence-electron chi connectivity index (χ4n) is 0.412. The van der Waals surface area contributed by atoms with Crippen LogP contribution in [-0.2, 0) is 4.79 Å². The van der Waals surface area contributed by atoms with Crippen LogP contribution in [0, 0.1) is 5.41 Å². The highest BCUT2D eigenvalue weighted by molar-refractivity contribution is 5.58. The number of hydrogen-bond acceptors (Lipinski definition) is 2. The summed E-state index contributed by atoms with van der Waals surface area (Å²) in [5.74, 6) is 0. The van der Waals surface area contributed by atoms with Gasteiger partial charge in [-0.25, -0.2) is 0 Å². The average molecular weight is 114 g/mol. The van der Waals surface area contributed by atoms with Crippen molar-refractivity contribution in [2.24, 2.45) is 11.1 Å². The lowest BCUT2D eigenvalue weighted by atomic mass is 9.92. The third kappa shape index (κ3) is 2.75. The Labute approximate surface area is 50.1 Å². The monoisotopic (exact) mass is 114 g/mol. The average Bonchev–Trinajstić information content (AvgIpc) is 1.67. The molecule has 0 unspecified atom stereocenters. The predicted molar refractivity (Wildman–Crippen MR) is 33.1 cm³/mol. The van der Waals surface area contributed by atoms with Gasteiger partial charge in [-0.05, 0) is 13.0 Å². The van der Waals surface area contributed by atoms with E-state index in [9.17, 15) is 4.79 Å². The SMILES string of the molecule is CC(C)([C]=O)CCN. The van der Waals surface area contributed by atoms with Crippen LogP contribution in [0.15, 0.2) is 0 Å². The van der Waals surface area contributed by atoms with Crippen LogP contribution in [0.3, 0.4) is 0 Å². The van der Waals surface area contributed by atoms with E-state index in [0.29, 0.717) is 6.54 Å². The van der Waals surface area contributed by atoms with Crippen LogP contribution in [-0.4, -0.2) is 12.8 Å². The minimum Gasteiger partial charge on any atom is -0.330 e. The smallest absolute Gasteiger partial charge is 0.204 e. The normalized spacial score (nSPS) is 11.4. The number of nitrogens with two attached hydrogens (primary N) is 1. The van der Waals surface area contributed by atoms with Gasteiger partial charge >= 0.3 is 0 Å². The van der Waals surface area contributed by atoms with Crippen molar-refractivity contribution in [3.05, 3.63) is 0 Å². The van der Waals surface area contributed by atoms with Gasteiger partial charge < -0.3 is 5.73 Å². The van der Waals surface area contributed by atoms with Gasteiger partial charge in [-0.15, -0.1) is 0 Å². The fraction of sp³-hybridized carbons (Fsp3) is 0.833. The molecule has 2 N–H and O–H groups in total. The van der Waals surface area contributed by atoms with Gasteiger partial charge in [0.05, 0.1) is 0 Å². The molecular formula is C6H12NO. The summed E-state index contributed by atoms with van der Waals surface area (Å²) in [6, 6.07) is 0. The van der Waals surface area contributed by atoms with E-state index in [2.05, 4.69) is 0 Å². The Hall–Kier alpha value is -0.370. The zero-order valence-electron chi connectivity index (χ0n) is 5.40. The number of hydrogen-bond donors (Lipinski definition) is 1. The molecule has 0 saturated carbocycles. The Kier molecular flexibility index (Phi) is 2.69. The second-order valence-electron chi connectivity index (χ2n) is 2.52. The molecule has 0 spiro atoms. The van der Waals surface area contributed by atoms with E-state index in [1.165, 1.54) is 0 Å². The van der Waals surface area contributed by atoms with Gasteiger partial charge in [0.1, 0.15) is 0 Å². The summed E-state index contributed by atoms with van der Waals surface area (Å²) in [4.78, 5) is 10.0. The molecule has 0 aromatic carbocycles. The zero-order valence-corrected chi connectivity index (χ0v) is 5.40. The van der Waals surface area contributed by atoms with Gasteiger partial charge in [-0.3, -0.25) is 4.79 Å². The van der Waals surface area contributed by atoms with Gasteiger partial charge in [0, 0.05) is 5.41 Å². The Bertz CT molecular complexity index is 78.6. The molecule has 47 valence electrons. The lowest BCUT2D eigenvalue weighted by molar-refractivity contribution is 0.429. The second-order valence-corrected chi connectivity index (χ2v) is 2.52. The van der Waals surface area contributed by atoms with Crippen LogP contribution in [0.2, 0.25) is 0 Å². The molecule has 0 fully saturated rings. The molecule has 0 aliphatic carbocycles. The molecule has 0 aliphatic rings. The summed E-state index contributed by atoms with van der Waals surface area (Å²) in [6.07, 6.45) is 2.63. The molecule has 2 nitrogen and oxygen atoms in total. The molecule has 2 heteroatoms. The summed E-state index contributed by atoms with van der Waals surface area (Å²) >= 11 is 0. The Morgan fingerprint density at radius 1 is 1.62 bits per heavy atom. The quantitative estimate of drug-likeness (QED) is 0.579. The third-order valence-corrected chi connectivity index (χ3v) is 1.05. The highest BCUT2D eigenvalue weighted by Crippen LogP contribution is 2.14. The maximum absolute atomic E-state index is 10.0. The van der Waals surface area contributed by atoms with Gasteiger partial charge in [-0.1, -0.05) is 13.8 Å². The molecular weight excluding hydrogens is 102 g/mol. The molecule has 0 bridgehead atoms. The summed E-state index contributed by atoms with van der Waals surface area (Å²) in [7, 11) is 0. The molecule has 0 heterocycles. The summed E-state index contributed by atoms with van der Waals surface area (Å²) in [6.45, 7) is 4.21. The van der Waals surface area contributed by atoms with Crippen molar-refractivity contribution in [3.63, 3.8) is 0 Å². The minimum absolute atomic E-state index is 0.339. The van der Waals surface area contributed by atoms with Crippen molar-refractivity contribution in [1.82, 2.24) is 0 Å². The standard InChI is InChI=1S/C6H12NO/c1-6(2,5-8)3-4-7/h3-4,7H2,1-2H3. The Balaban J connectivity index is 3.53. The van der Waals surface area contributed by atoms with Gasteiger partial charge in [0.15, 0.2) is 0 Å². The van der Waals surface area contributed by atoms with E-state index in [1.54, 1.807) is 0 Å². The molecule has 0 saturated heterocycles. The zero-order chi connectivity index (χ0) is 6.62. The third-order valence-electron chi connectivity index (χ3n) is 1.05. The molecule has 0 rings (SSSR count). The van der Waals surface area contributed by atoms with E-state index < -0.39 is 0 Å². The maximum Gasteiger partial charge on any atom is 0.204 e.